The second-order valence-electron chi connectivity index (χ2n) is 4.68. The van der Waals surface area contributed by atoms with Crippen LogP contribution in [-0.2, 0) is 0 Å². The summed E-state index contributed by atoms with van der Waals surface area (Å²) in [7, 11) is 0. The number of rotatable bonds is 3. The van der Waals surface area contributed by atoms with E-state index in [2.05, 4.69) is 15.0 Å². The molecule has 0 radical (unpaired) electrons. The van der Waals surface area contributed by atoms with E-state index < -0.39 is 11.6 Å². The summed E-state index contributed by atoms with van der Waals surface area (Å²) < 4.78 is 31.5. The van der Waals surface area contributed by atoms with E-state index in [1.165, 1.54) is 0 Å². The maximum Gasteiger partial charge on any atom is 0.328 e. The maximum atomic E-state index is 13.1. The Morgan fingerprint density at radius 2 is 1.67 bits per heavy atom. The molecule has 0 amide bonds. The molecule has 6 nitrogen and oxygen atoms in total. The van der Waals surface area contributed by atoms with E-state index in [-0.39, 0.29) is 17.7 Å². The highest BCUT2D eigenvalue weighted by Crippen LogP contribution is 2.23. The van der Waals surface area contributed by atoms with E-state index >= 15 is 0 Å². The third-order valence-electron chi connectivity index (χ3n) is 3.05. The number of nitrogens with zero attached hydrogens (tertiary/aromatic N) is 4. The molecule has 1 aliphatic heterocycles. The van der Waals surface area contributed by atoms with Crippen molar-refractivity contribution in [3.05, 3.63) is 29.8 Å². The first-order valence-corrected chi connectivity index (χ1v) is 6.50. The van der Waals surface area contributed by atoms with Crippen LogP contribution in [0.1, 0.15) is 12.8 Å². The number of ether oxygens (including phenoxy) is 1. The van der Waals surface area contributed by atoms with Gasteiger partial charge in [-0.2, -0.15) is 15.0 Å². The van der Waals surface area contributed by atoms with E-state index in [4.69, 9.17) is 10.5 Å². The number of hydrogen-bond donors (Lipinski definition) is 1. The average molecular weight is 293 g/mol. The zero-order valence-corrected chi connectivity index (χ0v) is 11.1. The molecule has 0 bridgehead atoms. The van der Waals surface area contributed by atoms with Crippen molar-refractivity contribution in [2.75, 3.05) is 23.7 Å². The predicted octanol–water partition coefficient (Wildman–Crippen LogP) is 2.12. The maximum absolute atomic E-state index is 13.1. The molecule has 8 heteroatoms. The fraction of sp³-hybridized carbons (Fsp3) is 0.308. The molecule has 1 aromatic heterocycles. The lowest BCUT2D eigenvalue weighted by molar-refractivity contribution is 0.431. The molecule has 21 heavy (non-hydrogen) atoms. The molecule has 1 saturated heterocycles. The summed E-state index contributed by atoms with van der Waals surface area (Å²) in [6, 6.07) is 2.75. The number of halogens is 2. The van der Waals surface area contributed by atoms with Crippen LogP contribution in [0.3, 0.4) is 0 Å². The summed E-state index contributed by atoms with van der Waals surface area (Å²) in [6.45, 7) is 1.66. The Balaban J connectivity index is 1.87. The van der Waals surface area contributed by atoms with Crippen molar-refractivity contribution < 1.29 is 13.5 Å². The third kappa shape index (κ3) is 3.15. The summed E-state index contributed by atoms with van der Waals surface area (Å²) >= 11 is 0. The second-order valence-corrected chi connectivity index (χ2v) is 4.68. The number of nitrogen functional groups attached to an aromatic ring is 1. The quantitative estimate of drug-likeness (QED) is 0.934. The Labute approximate surface area is 119 Å². The second kappa shape index (κ2) is 5.47. The lowest BCUT2D eigenvalue weighted by Gasteiger charge is -2.15. The average Bonchev–Trinajstić information content (AvgIpc) is 2.90. The first-order valence-electron chi connectivity index (χ1n) is 6.50. The van der Waals surface area contributed by atoms with Gasteiger partial charge < -0.3 is 15.4 Å². The number of hydrogen-bond acceptors (Lipinski definition) is 6. The summed E-state index contributed by atoms with van der Waals surface area (Å²) in [5.41, 5.74) is 5.62. The smallest absolute Gasteiger partial charge is 0.328 e. The number of aromatic nitrogens is 3. The minimum absolute atomic E-state index is 0.00113. The SMILES string of the molecule is Nc1nc(Oc2cc(F)cc(F)c2)nc(N2CCCC2)n1. The van der Waals surface area contributed by atoms with Crippen LogP contribution in [0, 0.1) is 11.6 Å². The zero-order chi connectivity index (χ0) is 14.8. The van der Waals surface area contributed by atoms with Gasteiger partial charge in [0.15, 0.2) is 0 Å². The zero-order valence-electron chi connectivity index (χ0n) is 11.1. The highest BCUT2D eigenvalue weighted by atomic mass is 19.1. The topological polar surface area (TPSA) is 77.2 Å². The summed E-state index contributed by atoms with van der Waals surface area (Å²) in [5, 5.41) is 0. The van der Waals surface area contributed by atoms with Crippen LogP contribution >= 0.6 is 0 Å². The van der Waals surface area contributed by atoms with Gasteiger partial charge in [-0.05, 0) is 12.8 Å². The molecule has 2 heterocycles. The minimum Gasteiger partial charge on any atom is -0.424 e. The molecule has 0 aliphatic carbocycles. The van der Waals surface area contributed by atoms with Crippen LogP contribution < -0.4 is 15.4 Å². The summed E-state index contributed by atoms with van der Waals surface area (Å²) in [5.74, 6) is -1.12. The van der Waals surface area contributed by atoms with Gasteiger partial charge in [-0.15, -0.1) is 0 Å². The van der Waals surface area contributed by atoms with Crippen molar-refractivity contribution in [3.63, 3.8) is 0 Å². The van der Waals surface area contributed by atoms with E-state index in [0.717, 1.165) is 44.1 Å². The van der Waals surface area contributed by atoms with Crippen LogP contribution in [0.4, 0.5) is 20.7 Å². The molecule has 0 spiro atoms. The van der Waals surface area contributed by atoms with Gasteiger partial charge in [0.1, 0.15) is 17.4 Å². The van der Waals surface area contributed by atoms with Crippen molar-refractivity contribution in [2.45, 2.75) is 12.8 Å². The lowest BCUT2D eigenvalue weighted by Crippen LogP contribution is -2.21. The van der Waals surface area contributed by atoms with Crippen LogP contribution in [0.5, 0.6) is 11.8 Å². The summed E-state index contributed by atoms with van der Waals surface area (Å²) in [4.78, 5) is 13.9. The van der Waals surface area contributed by atoms with E-state index in [0.29, 0.717) is 5.95 Å². The Kier molecular flexibility index (Phi) is 3.51. The van der Waals surface area contributed by atoms with Crippen LogP contribution in [0.2, 0.25) is 0 Å². The summed E-state index contributed by atoms with van der Waals surface area (Å²) in [6.07, 6.45) is 2.10. The first kappa shape index (κ1) is 13.5. The molecule has 1 aromatic carbocycles. The fourth-order valence-electron chi connectivity index (χ4n) is 2.16. The molecule has 2 N–H and O–H groups in total. The minimum atomic E-state index is -0.744. The van der Waals surface area contributed by atoms with Crippen LogP contribution in [0.25, 0.3) is 0 Å². The standard InChI is InChI=1S/C13H13F2N5O/c14-8-5-9(15)7-10(6-8)21-13-18-11(16)17-12(19-13)20-3-1-2-4-20/h5-7H,1-4H2,(H2,16,17,18,19). The van der Waals surface area contributed by atoms with Gasteiger partial charge in [0.05, 0.1) is 0 Å². The number of benzene rings is 1. The molecule has 0 atom stereocenters. The highest BCUT2D eigenvalue weighted by molar-refractivity contribution is 5.38. The molecular weight excluding hydrogens is 280 g/mol. The Bertz CT molecular complexity index is 641. The third-order valence-corrected chi connectivity index (χ3v) is 3.05. The predicted molar refractivity (Wildman–Crippen MR) is 72.1 cm³/mol. The molecule has 1 aliphatic rings. The number of nitrogens with two attached hydrogens (primary N) is 1. The fourth-order valence-corrected chi connectivity index (χ4v) is 2.16. The lowest BCUT2D eigenvalue weighted by atomic mass is 10.3. The van der Waals surface area contributed by atoms with E-state index in [9.17, 15) is 8.78 Å². The van der Waals surface area contributed by atoms with Gasteiger partial charge in [0.2, 0.25) is 11.9 Å². The van der Waals surface area contributed by atoms with Gasteiger partial charge in [-0.3, -0.25) is 0 Å². The van der Waals surface area contributed by atoms with Crippen molar-refractivity contribution in [1.29, 1.82) is 0 Å². The molecule has 3 rings (SSSR count). The van der Waals surface area contributed by atoms with Crippen molar-refractivity contribution in [2.24, 2.45) is 0 Å². The van der Waals surface area contributed by atoms with E-state index in [1.807, 2.05) is 4.90 Å². The molecular formula is C13H13F2N5O. The van der Waals surface area contributed by atoms with Gasteiger partial charge in [-0.1, -0.05) is 0 Å². The van der Waals surface area contributed by atoms with Crippen LogP contribution in [0.15, 0.2) is 18.2 Å². The monoisotopic (exact) mass is 293 g/mol. The van der Waals surface area contributed by atoms with Crippen LogP contribution in [-0.4, -0.2) is 28.0 Å². The van der Waals surface area contributed by atoms with Crippen molar-refractivity contribution in [3.8, 4) is 11.8 Å². The van der Waals surface area contributed by atoms with Gasteiger partial charge in [0, 0.05) is 31.3 Å². The van der Waals surface area contributed by atoms with E-state index in [1.54, 1.807) is 0 Å². The van der Waals surface area contributed by atoms with Crippen molar-refractivity contribution in [1.82, 2.24) is 15.0 Å². The largest absolute Gasteiger partial charge is 0.424 e. The molecule has 110 valence electrons. The molecule has 2 aromatic rings. The highest BCUT2D eigenvalue weighted by Gasteiger charge is 2.17. The van der Waals surface area contributed by atoms with Gasteiger partial charge >= 0.3 is 6.01 Å². The first-order chi connectivity index (χ1) is 10.1. The van der Waals surface area contributed by atoms with Gasteiger partial charge in [0.25, 0.3) is 0 Å². The molecule has 0 saturated carbocycles. The Morgan fingerprint density at radius 1 is 1.00 bits per heavy atom. The molecule has 0 unspecified atom stereocenters. The van der Waals surface area contributed by atoms with Gasteiger partial charge in [-0.25, -0.2) is 8.78 Å². The Morgan fingerprint density at radius 3 is 2.33 bits per heavy atom. The number of anilines is 2. The molecule has 1 fully saturated rings. The van der Waals surface area contributed by atoms with Crippen molar-refractivity contribution >= 4 is 11.9 Å². The Hall–Kier alpha value is -2.51. The normalized spacial score (nSPS) is 14.5.